The number of nitrogens with zero attached hydrogens (tertiary/aromatic N) is 1. The summed E-state index contributed by atoms with van der Waals surface area (Å²) in [6.45, 7) is 1.86. The number of hydrogen-bond donors (Lipinski definition) is 1. The third-order valence-corrected chi connectivity index (χ3v) is 4.37. The highest BCUT2D eigenvalue weighted by atomic mass is 16.7. The van der Waals surface area contributed by atoms with Crippen LogP contribution in [0.15, 0.2) is 47.6 Å². The van der Waals surface area contributed by atoms with E-state index in [2.05, 4.69) is 22.6 Å². The molecule has 0 bridgehead atoms. The van der Waals surface area contributed by atoms with Crippen molar-refractivity contribution in [2.75, 3.05) is 0 Å². The highest BCUT2D eigenvalue weighted by Crippen LogP contribution is 2.20. The second kappa shape index (κ2) is 7.27. The predicted octanol–water partition coefficient (Wildman–Crippen LogP) is 4.62. The first kappa shape index (κ1) is 15.5. The molecule has 2 aromatic carbocycles. The number of rotatable bonds is 3. The van der Waals surface area contributed by atoms with Crippen molar-refractivity contribution in [3.8, 4) is 0 Å². The van der Waals surface area contributed by atoms with Gasteiger partial charge in [-0.3, -0.25) is 4.84 Å². The van der Waals surface area contributed by atoms with Crippen molar-refractivity contribution in [3.63, 3.8) is 0 Å². The number of carbonyl (C=O) groups is 1. The molecule has 0 aliphatic heterocycles. The van der Waals surface area contributed by atoms with Crippen molar-refractivity contribution < 1.29 is 9.63 Å². The minimum absolute atomic E-state index is 0.226. The van der Waals surface area contributed by atoms with Gasteiger partial charge in [0.25, 0.3) is 0 Å². The molecule has 3 rings (SSSR count). The maximum Gasteiger partial charge on any atom is 0.433 e. The van der Waals surface area contributed by atoms with Gasteiger partial charge in [-0.25, -0.2) is 4.79 Å². The van der Waals surface area contributed by atoms with Crippen LogP contribution in [0.25, 0.3) is 10.8 Å². The van der Waals surface area contributed by atoms with Crippen molar-refractivity contribution >= 4 is 22.6 Å². The summed E-state index contributed by atoms with van der Waals surface area (Å²) in [7, 11) is 0. The second-order valence-corrected chi connectivity index (χ2v) is 6.06. The average molecular weight is 310 g/mol. The van der Waals surface area contributed by atoms with Crippen molar-refractivity contribution in [3.05, 3.63) is 48.0 Å². The molecule has 23 heavy (non-hydrogen) atoms. The Morgan fingerprint density at radius 3 is 2.65 bits per heavy atom. The normalized spacial score (nSPS) is 16.3. The first-order valence-corrected chi connectivity index (χ1v) is 8.24. The van der Waals surface area contributed by atoms with Crippen LogP contribution in [-0.2, 0) is 4.84 Å². The molecule has 0 atom stereocenters. The third-order valence-electron chi connectivity index (χ3n) is 4.37. The smallest absolute Gasteiger partial charge is 0.317 e. The zero-order chi connectivity index (χ0) is 16.1. The molecule has 0 spiro atoms. The molecule has 1 saturated carbocycles. The molecule has 0 aromatic heterocycles. The Kier molecular flexibility index (Phi) is 4.91. The van der Waals surface area contributed by atoms with Gasteiger partial charge in [0.05, 0.1) is 5.71 Å². The van der Waals surface area contributed by atoms with E-state index in [0.717, 1.165) is 29.2 Å². The summed E-state index contributed by atoms with van der Waals surface area (Å²) in [6.07, 6.45) is 5.19. The SMILES string of the molecule is CC(=NOC(=O)NC1CCCCC1)c1cccc2ccccc12. The molecule has 1 amide bonds. The molecule has 1 aliphatic rings. The fourth-order valence-electron chi connectivity index (χ4n) is 3.14. The number of nitrogens with one attached hydrogen (secondary N) is 1. The number of carbonyl (C=O) groups excluding carboxylic acids is 1. The van der Waals surface area contributed by atoms with Crippen LogP contribution in [0.5, 0.6) is 0 Å². The molecule has 4 heteroatoms. The molecule has 120 valence electrons. The highest BCUT2D eigenvalue weighted by molar-refractivity contribution is 6.09. The number of amides is 1. The van der Waals surface area contributed by atoms with Gasteiger partial charge < -0.3 is 5.32 Å². The Bertz CT molecular complexity index is 713. The summed E-state index contributed by atoms with van der Waals surface area (Å²) in [6, 6.07) is 14.4. The van der Waals surface area contributed by atoms with Crippen LogP contribution in [0.1, 0.15) is 44.6 Å². The van der Waals surface area contributed by atoms with Crippen molar-refractivity contribution in [1.29, 1.82) is 0 Å². The molecule has 1 fully saturated rings. The van der Waals surface area contributed by atoms with E-state index < -0.39 is 6.09 Å². The summed E-state index contributed by atoms with van der Waals surface area (Å²) in [5.41, 5.74) is 1.68. The summed E-state index contributed by atoms with van der Waals surface area (Å²) < 4.78 is 0. The second-order valence-electron chi connectivity index (χ2n) is 6.06. The van der Waals surface area contributed by atoms with Crippen molar-refractivity contribution in [2.24, 2.45) is 5.16 Å². The van der Waals surface area contributed by atoms with E-state index >= 15 is 0 Å². The van der Waals surface area contributed by atoms with Gasteiger partial charge in [0.2, 0.25) is 0 Å². The molecule has 0 radical (unpaired) electrons. The van der Waals surface area contributed by atoms with Gasteiger partial charge in [-0.05, 0) is 30.5 Å². The Labute approximate surface area is 136 Å². The molecule has 0 heterocycles. The number of fused-ring (bicyclic) bond motifs is 1. The van der Waals surface area contributed by atoms with E-state index in [-0.39, 0.29) is 6.04 Å². The third kappa shape index (κ3) is 3.89. The van der Waals surface area contributed by atoms with Gasteiger partial charge in [-0.2, -0.15) is 0 Å². The zero-order valence-electron chi connectivity index (χ0n) is 13.4. The first-order chi connectivity index (χ1) is 11.2. The van der Waals surface area contributed by atoms with Gasteiger partial charge in [0, 0.05) is 11.6 Å². The van der Waals surface area contributed by atoms with Crippen LogP contribution in [0.4, 0.5) is 4.79 Å². The Hall–Kier alpha value is -2.36. The largest absolute Gasteiger partial charge is 0.433 e. The highest BCUT2D eigenvalue weighted by Gasteiger charge is 2.16. The Morgan fingerprint density at radius 2 is 1.83 bits per heavy atom. The van der Waals surface area contributed by atoms with Crippen molar-refractivity contribution in [1.82, 2.24) is 5.32 Å². The summed E-state index contributed by atoms with van der Waals surface area (Å²) in [4.78, 5) is 16.9. The van der Waals surface area contributed by atoms with E-state index in [9.17, 15) is 4.79 Å². The van der Waals surface area contributed by atoms with Gasteiger partial charge >= 0.3 is 6.09 Å². The van der Waals surface area contributed by atoms with E-state index in [1.54, 1.807) is 0 Å². The van der Waals surface area contributed by atoms with Gasteiger partial charge in [-0.1, -0.05) is 66.9 Å². The fourth-order valence-corrected chi connectivity index (χ4v) is 3.14. The molecule has 0 saturated heterocycles. The minimum Gasteiger partial charge on any atom is -0.317 e. The standard InChI is InChI=1S/C19H22N2O2/c1-14(17-13-7-9-15-8-5-6-12-18(15)17)21-23-19(22)20-16-10-3-2-4-11-16/h5-9,12-13,16H,2-4,10-11H2,1H3,(H,20,22). The van der Waals surface area contributed by atoms with Gasteiger partial charge in [0.1, 0.15) is 0 Å². The zero-order valence-corrected chi connectivity index (χ0v) is 13.4. The molecular weight excluding hydrogens is 288 g/mol. The lowest BCUT2D eigenvalue weighted by Crippen LogP contribution is -2.35. The van der Waals surface area contributed by atoms with Crippen LogP contribution in [0, 0.1) is 0 Å². The summed E-state index contributed by atoms with van der Waals surface area (Å²) >= 11 is 0. The van der Waals surface area contributed by atoms with E-state index in [4.69, 9.17) is 4.84 Å². The van der Waals surface area contributed by atoms with E-state index in [1.165, 1.54) is 19.3 Å². The monoisotopic (exact) mass is 310 g/mol. The summed E-state index contributed by atoms with van der Waals surface area (Å²) in [5.74, 6) is 0. The topological polar surface area (TPSA) is 50.7 Å². The lowest BCUT2D eigenvalue weighted by atomic mass is 9.96. The van der Waals surface area contributed by atoms with Crippen LogP contribution in [-0.4, -0.2) is 17.8 Å². The lowest BCUT2D eigenvalue weighted by molar-refractivity contribution is 0.143. The lowest BCUT2D eigenvalue weighted by Gasteiger charge is -2.21. The maximum atomic E-state index is 11.9. The molecule has 1 aliphatic carbocycles. The first-order valence-electron chi connectivity index (χ1n) is 8.24. The van der Waals surface area contributed by atoms with Gasteiger partial charge in [-0.15, -0.1) is 0 Å². The van der Waals surface area contributed by atoms with Crippen LogP contribution in [0.3, 0.4) is 0 Å². The Balaban J connectivity index is 1.68. The molecule has 4 nitrogen and oxygen atoms in total. The van der Waals surface area contributed by atoms with Crippen LogP contribution >= 0.6 is 0 Å². The van der Waals surface area contributed by atoms with E-state index in [1.807, 2.05) is 37.3 Å². The van der Waals surface area contributed by atoms with Crippen LogP contribution in [0.2, 0.25) is 0 Å². The fraction of sp³-hybridized carbons (Fsp3) is 0.368. The number of oxime groups is 1. The van der Waals surface area contributed by atoms with Crippen LogP contribution < -0.4 is 5.32 Å². The average Bonchev–Trinajstić information content (AvgIpc) is 2.60. The van der Waals surface area contributed by atoms with Crippen molar-refractivity contribution in [2.45, 2.75) is 45.1 Å². The van der Waals surface area contributed by atoms with E-state index in [0.29, 0.717) is 5.71 Å². The minimum atomic E-state index is -0.462. The number of hydrogen-bond acceptors (Lipinski definition) is 3. The molecule has 0 unspecified atom stereocenters. The Morgan fingerprint density at radius 1 is 1.09 bits per heavy atom. The maximum absolute atomic E-state index is 11.9. The number of benzene rings is 2. The van der Waals surface area contributed by atoms with Gasteiger partial charge in [0.15, 0.2) is 0 Å². The predicted molar refractivity (Wildman–Crippen MR) is 92.6 cm³/mol. The molecule has 1 N–H and O–H groups in total. The quantitative estimate of drug-likeness (QED) is 0.511. The molecular formula is C19H22N2O2. The summed E-state index contributed by atoms with van der Waals surface area (Å²) in [5, 5.41) is 9.16. The molecule has 2 aromatic rings.